The van der Waals surface area contributed by atoms with Crippen molar-refractivity contribution in [2.45, 2.75) is 40.0 Å². The number of thiazole rings is 1. The molecule has 0 atom stereocenters. The molecule has 1 heterocycles. The molecule has 8 heteroatoms. The van der Waals surface area contributed by atoms with Crippen LogP contribution in [0.25, 0.3) is 0 Å². The summed E-state index contributed by atoms with van der Waals surface area (Å²) in [5.41, 5.74) is 1.79. The van der Waals surface area contributed by atoms with Crippen LogP contribution in [0.3, 0.4) is 0 Å². The van der Waals surface area contributed by atoms with Gasteiger partial charge in [-0.2, -0.15) is 0 Å². The van der Waals surface area contributed by atoms with Gasteiger partial charge in [0.15, 0.2) is 0 Å². The Morgan fingerprint density at radius 3 is 2.32 bits per heavy atom. The van der Waals surface area contributed by atoms with E-state index in [1.807, 2.05) is 27.7 Å². The smallest absolute Gasteiger partial charge is 0.267 e. The van der Waals surface area contributed by atoms with Gasteiger partial charge in [0, 0.05) is 17.3 Å². The van der Waals surface area contributed by atoms with Crippen LogP contribution in [0.5, 0.6) is 0 Å². The number of carbonyl (C=O) groups is 1. The first-order valence-corrected chi connectivity index (χ1v) is 10.6. The molecule has 2 aromatic rings. The van der Waals surface area contributed by atoms with Crippen molar-refractivity contribution in [3.63, 3.8) is 0 Å². The Morgan fingerprint density at radius 1 is 1.20 bits per heavy atom. The van der Waals surface area contributed by atoms with Gasteiger partial charge >= 0.3 is 0 Å². The fourth-order valence-electron chi connectivity index (χ4n) is 2.18. The summed E-state index contributed by atoms with van der Waals surface area (Å²) in [6.07, 6.45) is 0.552. The van der Waals surface area contributed by atoms with Gasteiger partial charge in [0.2, 0.25) is 10.0 Å². The van der Waals surface area contributed by atoms with E-state index in [1.165, 1.54) is 11.3 Å². The standard InChI is InChI=1S/C17H23N3O3S2/c1-5-10-25(22,23)20-14-8-6-13(7-9-14)19-16(21)15-12(4)18-17(24-15)11(2)3/h6-9,11,20H,5,10H2,1-4H3,(H,19,21). The maximum atomic E-state index is 12.4. The fourth-order valence-corrected chi connectivity index (χ4v) is 4.28. The molecule has 1 aromatic heterocycles. The highest BCUT2D eigenvalue weighted by Gasteiger charge is 2.17. The van der Waals surface area contributed by atoms with Crippen LogP contribution >= 0.6 is 11.3 Å². The fraction of sp³-hybridized carbons (Fsp3) is 0.412. The van der Waals surface area contributed by atoms with E-state index in [0.29, 0.717) is 22.7 Å². The molecule has 136 valence electrons. The second-order valence-corrected chi connectivity index (χ2v) is 8.95. The van der Waals surface area contributed by atoms with Crippen molar-refractivity contribution in [1.82, 2.24) is 4.98 Å². The van der Waals surface area contributed by atoms with Crippen LogP contribution in [0.15, 0.2) is 24.3 Å². The maximum absolute atomic E-state index is 12.4. The lowest BCUT2D eigenvalue weighted by atomic mass is 10.2. The zero-order chi connectivity index (χ0) is 18.6. The van der Waals surface area contributed by atoms with Crippen LogP contribution in [0.2, 0.25) is 0 Å². The van der Waals surface area contributed by atoms with Crippen LogP contribution in [-0.4, -0.2) is 25.1 Å². The number of hydrogen-bond donors (Lipinski definition) is 2. The van der Waals surface area contributed by atoms with Crippen molar-refractivity contribution in [2.75, 3.05) is 15.8 Å². The first kappa shape index (κ1) is 19.4. The summed E-state index contributed by atoms with van der Waals surface area (Å²) in [4.78, 5) is 17.4. The monoisotopic (exact) mass is 381 g/mol. The number of amides is 1. The van der Waals surface area contributed by atoms with Crippen molar-refractivity contribution in [3.05, 3.63) is 39.8 Å². The van der Waals surface area contributed by atoms with E-state index in [0.717, 1.165) is 10.7 Å². The number of anilines is 2. The highest BCUT2D eigenvalue weighted by Crippen LogP contribution is 2.25. The van der Waals surface area contributed by atoms with Gasteiger partial charge in [-0.3, -0.25) is 9.52 Å². The highest BCUT2D eigenvalue weighted by atomic mass is 32.2. The number of nitrogens with one attached hydrogen (secondary N) is 2. The minimum atomic E-state index is -3.32. The summed E-state index contributed by atoms with van der Waals surface area (Å²) in [5, 5.41) is 3.75. The number of nitrogens with zero attached hydrogens (tertiary/aromatic N) is 1. The SMILES string of the molecule is CCCS(=O)(=O)Nc1ccc(NC(=O)c2sc(C(C)C)nc2C)cc1. The quantitative estimate of drug-likeness (QED) is 0.759. The Labute approximate surface area is 152 Å². The van der Waals surface area contributed by atoms with Gasteiger partial charge in [0.25, 0.3) is 5.91 Å². The summed E-state index contributed by atoms with van der Waals surface area (Å²) in [6, 6.07) is 6.59. The van der Waals surface area contributed by atoms with Gasteiger partial charge in [-0.05, 0) is 37.6 Å². The first-order chi connectivity index (χ1) is 11.7. The molecule has 0 bridgehead atoms. The molecule has 0 saturated carbocycles. The molecule has 6 nitrogen and oxygen atoms in total. The van der Waals surface area contributed by atoms with Crippen LogP contribution in [0.4, 0.5) is 11.4 Å². The minimum absolute atomic E-state index is 0.0777. The topological polar surface area (TPSA) is 88.2 Å². The molecule has 1 amide bonds. The Balaban J connectivity index is 2.07. The van der Waals surface area contributed by atoms with Crippen LogP contribution < -0.4 is 10.0 Å². The van der Waals surface area contributed by atoms with Gasteiger partial charge in [-0.15, -0.1) is 11.3 Å². The molecule has 0 unspecified atom stereocenters. The molecule has 0 aliphatic heterocycles. The summed E-state index contributed by atoms with van der Waals surface area (Å²) in [5.74, 6) is 0.149. The average molecular weight is 382 g/mol. The van der Waals surface area contributed by atoms with Crippen molar-refractivity contribution in [1.29, 1.82) is 0 Å². The van der Waals surface area contributed by atoms with E-state index in [1.54, 1.807) is 24.3 Å². The molecular formula is C17H23N3O3S2. The summed E-state index contributed by atoms with van der Waals surface area (Å²) < 4.78 is 26.0. The van der Waals surface area contributed by atoms with Crippen molar-refractivity contribution in [3.8, 4) is 0 Å². The molecule has 0 aliphatic rings. The van der Waals surface area contributed by atoms with Crippen molar-refractivity contribution in [2.24, 2.45) is 0 Å². The number of rotatable bonds is 7. The number of sulfonamides is 1. The van der Waals surface area contributed by atoms with E-state index in [2.05, 4.69) is 15.0 Å². The Bertz CT molecular complexity index is 841. The summed E-state index contributed by atoms with van der Waals surface area (Å²) in [7, 11) is -3.32. The first-order valence-electron chi connectivity index (χ1n) is 8.11. The second-order valence-electron chi connectivity index (χ2n) is 6.07. The third-order valence-electron chi connectivity index (χ3n) is 3.40. The van der Waals surface area contributed by atoms with Crippen molar-refractivity contribution < 1.29 is 13.2 Å². The zero-order valence-corrected chi connectivity index (χ0v) is 16.4. The van der Waals surface area contributed by atoms with E-state index in [4.69, 9.17) is 0 Å². The Morgan fingerprint density at radius 2 is 1.80 bits per heavy atom. The molecule has 2 rings (SSSR count). The third-order valence-corrected chi connectivity index (χ3v) is 6.35. The normalized spacial score (nSPS) is 11.6. The lowest BCUT2D eigenvalue weighted by molar-refractivity contribution is 0.103. The van der Waals surface area contributed by atoms with E-state index < -0.39 is 10.0 Å². The molecule has 0 spiro atoms. The molecule has 1 aromatic carbocycles. The number of carbonyl (C=O) groups excluding carboxylic acids is 1. The number of aryl methyl sites for hydroxylation is 1. The lowest BCUT2D eigenvalue weighted by Crippen LogP contribution is -2.16. The second kappa shape index (κ2) is 7.97. The predicted molar refractivity (Wildman–Crippen MR) is 103 cm³/mol. The van der Waals surface area contributed by atoms with E-state index in [9.17, 15) is 13.2 Å². The minimum Gasteiger partial charge on any atom is -0.321 e. The Kier molecular flexibility index (Phi) is 6.18. The molecule has 0 radical (unpaired) electrons. The van der Waals surface area contributed by atoms with E-state index in [-0.39, 0.29) is 17.6 Å². The number of aromatic nitrogens is 1. The third kappa shape index (κ3) is 5.27. The van der Waals surface area contributed by atoms with Gasteiger partial charge < -0.3 is 5.32 Å². The molecular weight excluding hydrogens is 358 g/mol. The van der Waals surface area contributed by atoms with E-state index >= 15 is 0 Å². The largest absolute Gasteiger partial charge is 0.321 e. The summed E-state index contributed by atoms with van der Waals surface area (Å²) in [6.45, 7) is 7.71. The molecule has 25 heavy (non-hydrogen) atoms. The van der Waals surface area contributed by atoms with Crippen LogP contribution in [-0.2, 0) is 10.0 Å². The zero-order valence-electron chi connectivity index (χ0n) is 14.8. The number of benzene rings is 1. The maximum Gasteiger partial charge on any atom is 0.267 e. The van der Waals surface area contributed by atoms with Gasteiger partial charge in [0.05, 0.1) is 16.5 Å². The van der Waals surface area contributed by atoms with Crippen LogP contribution in [0, 0.1) is 6.92 Å². The molecule has 0 aliphatic carbocycles. The van der Waals surface area contributed by atoms with Gasteiger partial charge in [0.1, 0.15) is 4.88 Å². The van der Waals surface area contributed by atoms with Crippen molar-refractivity contribution >= 4 is 38.6 Å². The molecule has 0 saturated heterocycles. The predicted octanol–water partition coefficient (Wildman–Crippen LogP) is 3.98. The van der Waals surface area contributed by atoms with Gasteiger partial charge in [-0.25, -0.2) is 13.4 Å². The average Bonchev–Trinajstić information content (AvgIpc) is 2.91. The molecule has 0 fully saturated rings. The Hall–Kier alpha value is -1.93. The summed E-state index contributed by atoms with van der Waals surface area (Å²) >= 11 is 1.40. The lowest BCUT2D eigenvalue weighted by Gasteiger charge is -2.08. The van der Waals surface area contributed by atoms with Crippen LogP contribution in [0.1, 0.15) is 53.5 Å². The molecule has 2 N–H and O–H groups in total. The van der Waals surface area contributed by atoms with Gasteiger partial charge in [-0.1, -0.05) is 20.8 Å². The number of hydrogen-bond acceptors (Lipinski definition) is 5. The highest BCUT2D eigenvalue weighted by molar-refractivity contribution is 7.92.